The minimum atomic E-state index is -1.81. The smallest absolute Gasteiger partial charge is 0.246 e. The van der Waals surface area contributed by atoms with Crippen molar-refractivity contribution in [3.8, 4) is 5.75 Å². The highest BCUT2D eigenvalue weighted by molar-refractivity contribution is 6.68. The number of hydrazone groups is 1. The van der Waals surface area contributed by atoms with E-state index in [4.69, 9.17) is 39.5 Å². The number of alkyl halides is 3. The summed E-state index contributed by atoms with van der Waals surface area (Å²) in [5.74, 6) is 0.385. The molecule has 0 saturated heterocycles. The van der Waals surface area contributed by atoms with Crippen molar-refractivity contribution in [3.05, 3.63) is 60.2 Å². The number of nitrogens with one attached hydrogen (secondary N) is 2. The fraction of sp³-hybridized carbons (Fsp3) is 0.300. The number of halogens is 3. The van der Waals surface area contributed by atoms with Gasteiger partial charge in [-0.15, -0.1) is 0 Å². The van der Waals surface area contributed by atoms with E-state index in [2.05, 4.69) is 15.8 Å². The number of hydrogen-bond acceptors (Lipinski definition) is 4. The number of benzene rings is 2. The molecule has 2 N–H and O–H groups in total. The quantitative estimate of drug-likeness (QED) is 0.250. The molecule has 8 heteroatoms. The molecule has 0 aromatic heterocycles. The Morgan fingerprint density at radius 1 is 1.11 bits per heavy atom. The number of nitrogens with zero attached hydrogens (tertiary/aromatic N) is 1. The Bertz CT molecular complexity index is 776. The van der Waals surface area contributed by atoms with Crippen LogP contribution in [0.25, 0.3) is 0 Å². The average Bonchev–Trinajstić information content (AvgIpc) is 2.62. The van der Waals surface area contributed by atoms with Crippen LogP contribution in [0.4, 0.5) is 5.69 Å². The number of carbonyl (C=O) groups excluding carboxylic acids is 1. The third-order valence-corrected chi connectivity index (χ3v) is 4.09. The summed E-state index contributed by atoms with van der Waals surface area (Å²) >= 11 is 17.8. The summed E-state index contributed by atoms with van der Waals surface area (Å²) in [4.78, 5) is 12.0. The zero-order valence-electron chi connectivity index (χ0n) is 15.5. The second-order valence-corrected chi connectivity index (χ2v) is 8.88. The maximum atomic E-state index is 12.0. The van der Waals surface area contributed by atoms with E-state index in [9.17, 15) is 4.79 Å². The predicted octanol–water partition coefficient (Wildman–Crippen LogP) is 5.37. The number of carbonyl (C=O) groups is 1. The molecule has 2 aromatic carbocycles. The average molecular weight is 443 g/mol. The van der Waals surface area contributed by atoms with Gasteiger partial charge in [0.15, 0.2) is 0 Å². The van der Waals surface area contributed by atoms with E-state index < -0.39 is 10.0 Å². The van der Waals surface area contributed by atoms with Gasteiger partial charge in [0, 0.05) is 6.42 Å². The van der Waals surface area contributed by atoms with Gasteiger partial charge >= 0.3 is 0 Å². The Morgan fingerprint density at radius 3 is 2.32 bits per heavy atom. The van der Waals surface area contributed by atoms with Crippen LogP contribution in [0.5, 0.6) is 5.75 Å². The first-order chi connectivity index (χ1) is 13.2. The van der Waals surface area contributed by atoms with Crippen LogP contribution in [0.15, 0.2) is 59.7 Å². The summed E-state index contributed by atoms with van der Waals surface area (Å²) < 4.78 is 3.86. The van der Waals surface area contributed by atoms with Gasteiger partial charge in [-0.1, -0.05) is 66.8 Å². The van der Waals surface area contributed by atoms with Gasteiger partial charge in [-0.2, -0.15) is 5.10 Å². The number of anilines is 1. The maximum Gasteiger partial charge on any atom is 0.246 e. The fourth-order valence-corrected chi connectivity index (χ4v) is 2.51. The Kier molecular flexibility index (Phi) is 8.42. The van der Waals surface area contributed by atoms with Gasteiger partial charge in [0.2, 0.25) is 15.9 Å². The molecule has 0 aliphatic rings. The highest BCUT2D eigenvalue weighted by Crippen LogP contribution is 2.32. The van der Waals surface area contributed by atoms with Crippen LogP contribution in [0.1, 0.15) is 25.8 Å². The van der Waals surface area contributed by atoms with Gasteiger partial charge in [0.1, 0.15) is 5.75 Å². The number of ether oxygens (including phenoxy) is 1. The van der Waals surface area contributed by atoms with Crippen LogP contribution in [0, 0.1) is 5.92 Å². The molecule has 150 valence electrons. The molecule has 0 aliphatic carbocycles. The minimum Gasteiger partial charge on any atom is -0.466 e. The van der Waals surface area contributed by atoms with Gasteiger partial charge in [-0.3, -0.25) is 10.2 Å². The molecule has 0 radical (unpaired) electrons. The van der Waals surface area contributed by atoms with Crippen molar-refractivity contribution in [2.45, 2.75) is 30.3 Å². The van der Waals surface area contributed by atoms with Crippen molar-refractivity contribution in [1.29, 1.82) is 0 Å². The van der Waals surface area contributed by atoms with Crippen molar-refractivity contribution in [2.24, 2.45) is 11.0 Å². The standard InChI is InChI=1S/C20H22Cl3N3O2/c1-14(2)12-18(27)25-19(20(21,22)23)28-17-10-8-15(9-11-17)13-24-26-16-6-4-3-5-7-16/h3-11,13-14,19,26H,12H2,1-2H3,(H,25,27)/b24-13+. The lowest BCUT2D eigenvalue weighted by Crippen LogP contribution is -2.48. The van der Waals surface area contributed by atoms with E-state index in [-0.39, 0.29) is 11.8 Å². The first kappa shape index (κ1) is 22.3. The van der Waals surface area contributed by atoms with Crippen LogP contribution in [-0.2, 0) is 4.79 Å². The topological polar surface area (TPSA) is 62.7 Å². The number of amides is 1. The Labute approximate surface area is 180 Å². The molecule has 1 amide bonds. The lowest BCUT2D eigenvalue weighted by atomic mass is 10.1. The van der Waals surface area contributed by atoms with Crippen LogP contribution >= 0.6 is 34.8 Å². The van der Waals surface area contributed by atoms with Crippen LogP contribution < -0.4 is 15.5 Å². The summed E-state index contributed by atoms with van der Waals surface area (Å²) in [6.07, 6.45) is 0.876. The van der Waals surface area contributed by atoms with Crippen LogP contribution in [0.3, 0.4) is 0 Å². The zero-order chi connectivity index (χ0) is 20.6. The van der Waals surface area contributed by atoms with Crippen molar-refractivity contribution >= 4 is 52.6 Å². The lowest BCUT2D eigenvalue weighted by molar-refractivity contribution is -0.124. The van der Waals surface area contributed by atoms with Gasteiger partial charge in [0.25, 0.3) is 0 Å². The summed E-state index contributed by atoms with van der Waals surface area (Å²) in [5.41, 5.74) is 4.68. The van der Waals surface area contributed by atoms with E-state index in [1.807, 2.05) is 44.2 Å². The Morgan fingerprint density at radius 2 is 1.75 bits per heavy atom. The van der Waals surface area contributed by atoms with Gasteiger partial charge in [0.05, 0.1) is 11.9 Å². The van der Waals surface area contributed by atoms with E-state index in [1.54, 1.807) is 30.5 Å². The van der Waals surface area contributed by atoms with Crippen molar-refractivity contribution < 1.29 is 9.53 Å². The van der Waals surface area contributed by atoms with Crippen LogP contribution in [-0.4, -0.2) is 22.1 Å². The number of hydrogen-bond donors (Lipinski definition) is 2. The van der Waals surface area contributed by atoms with Gasteiger partial charge < -0.3 is 10.1 Å². The predicted molar refractivity (Wildman–Crippen MR) is 116 cm³/mol. The molecular weight excluding hydrogens is 421 g/mol. The number of rotatable bonds is 8. The normalized spacial score (nSPS) is 12.8. The van der Waals surface area contributed by atoms with Crippen molar-refractivity contribution in [1.82, 2.24) is 5.32 Å². The third kappa shape index (κ3) is 7.97. The molecule has 1 unspecified atom stereocenters. The summed E-state index contributed by atoms with van der Waals surface area (Å²) in [6.45, 7) is 3.86. The second-order valence-electron chi connectivity index (χ2n) is 6.51. The first-order valence-corrected chi connectivity index (χ1v) is 9.84. The van der Waals surface area contributed by atoms with Gasteiger partial charge in [-0.25, -0.2) is 0 Å². The van der Waals surface area contributed by atoms with Crippen molar-refractivity contribution in [2.75, 3.05) is 5.43 Å². The summed E-state index contributed by atoms with van der Waals surface area (Å²) in [5, 5.41) is 6.78. The molecule has 0 spiro atoms. The molecule has 2 aromatic rings. The summed E-state index contributed by atoms with van der Waals surface area (Å²) in [7, 11) is 0. The fourth-order valence-electron chi connectivity index (χ4n) is 2.22. The Hall–Kier alpha value is -1.95. The highest BCUT2D eigenvalue weighted by Gasteiger charge is 2.36. The third-order valence-electron chi connectivity index (χ3n) is 3.50. The molecule has 0 aliphatic heterocycles. The Balaban J connectivity index is 1.97. The molecular formula is C20H22Cl3N3O2. The molecule has 2 rings (SSSR count). The SMILES string of the molecule is CC(C)CC(=O)NC(Oc1ccc(/C=N/Nc2ccccc2)cc1)C(Cl)(Cl)Cl. The summed E-state index contributed by atoms with van der Waals surface area (Å²) in [6, 6.07) is 16.6. The molecule has 0 bridgehead atoms. The number of para-hydroxylation sites is 1. The molecule has 5 nitrogen and oxygen atoms in total. The molecule has 0 heterocycles. The largest absolute Gasteiger partial charge is 0.466 e. The zero-order valence-corrected chi connectivity index (χ0v) is 17.8. The van der Waals surface area contributed by atoms with E-state index in [1.165, 1.54) is 0 Å². The van der Waals surface area contributed by atoms with E-state index in [0.717, 1.165) is 11.3 Å². The highest BCUT2D eigenvalue weighted by atomic mass is 35.6. The maximum absolute atomic E-state index is 12.0. The first-order valence-electron chi connectivity index (χ1n) is 8.71. The molecule has 0 saturated carbocycles. The van der Waals surface area contributed by atoms with Gasteiger partial charge in [-0.05, 0) is 47.9 Å². The molecule has 1 atom stereocenters. The molecule has 28 heavy (non-hydrogen) atoms. The van der Waals surface area contributed by atoms with Crippen LogP contribution in [0.2, 0.25) is 0 Å². The van der Waals surface area contributed by atoms with Crippen molar-refractivity contribution in [3.63, 3.8) is 0 Å². The minimum absolute atomic E-state index is 0.180. The monoisotopic (exact) mass is 441 g/mol. The lowest BCUT2D eigenvalue weighted by Gasteiger charge is -2.26. The second kappa shape index (κ2) is 10.6. The van der Waals surface area contributed by atoms with E-state index in [0.29, 0.717) is 12.2 Å². The van der Waals surface area contributed by atoms with E-state index >= 15 is 0 Å². The molecule has 0 fully saturated rings.